The van der Waals surface area contributed by atoms with Crippen LogP contribution in [0.25, 0.3) is 0 Å². The molecule has 0 aromatic heterocycles. The minimum atomic E-state index is -1.57. The highest BCUT2D eigenvalue weighted by atomic mass is 16.7. The number of carbonyl (C=O) groups excluding carboxylic acids is 2. The van der Waals surface area contributed by atoms with E-state index in [4.69, 9.17) is 14.2 Å². The highest BCUT2D eigenvalue weighted by Gasteiger charge is 2.44. The standard InChI is InChI=1S/C69H131NO10/c1-3-5-7-9-11-13-35-39-43-47-51-55-62(72)61(60-79-69-68(77)67(76)66(75)63(59-71)80-69)70-64(73)56-52-48-44-40-37-33-31-29-27-25-23-21-19-17-15-16-18-20-22-24-26-28-30-32-34-38-42-46-50-54-58-78-65(74)57-53-49-45-41-36-14-12-10-8-6-4-2/h16,18,51,55,61-63,66-69,71-72,75-77H,3-15,17,19-50,52-54,56-60H2,1-2H3,(H,70,73)/b18-16-,55-51+. The van der Waals surface area contributed by atoms with Gasteiger partial charge in [0.2, 0.25) is 5.91 Å². The number of aliphatic hydroxyl groups is 5. The van der Waals surface area contributed by atoms with Crippen LogP contribution in [0.1, 0.15) is 341 Å². The smallest absolute Gasteiger partial charge is 0.305 e. The molecule has 80 heavy (non-hydrogen) atoms. The lowest BCUT2D eigenvalue weighted by molar-refractivity contribution is -0.302. The van der Waals surface area contributed by atoms with Crippen LogP contribution >= 0.6 is 0 Å². The fourth-order valence-corrected chi connectivity index (χ4v) is 11.1. The van der Waals surface area contributed by atoms with E-state index in [-0.39, 0.29) is 18.5 Å². The zero-order chi connectivity index (χ0) is 58.0. The molecule has 11 nitrogen and oxygen atoms in total. The van der Waals surface area contributed by atoms with Crippen LogP contribution in [-0.2, 0) is 23.8 Å². The van der Waals surface area contributed by atoms with Gasteiger partial charge in [-0.1, -0.05) is 295 Å². The van der Waals surface area contributed by atoms with Crippen molar-refractivity contribution in [3.8, 4) is 0 Å². The number of nitrogens with one attached hydrogen (secondary N) is 1. The van der Waals surface area contributed by atoms with Crippen molar-refractivity contribution in [2.24, 2.45) is 0 Å². The van der Waals surface area contributed by atoms with Crippen LogP contribution in [0.3, 0.4) is 0 Å². The average molecular weight is 1130 g/mol. The maximum absolute atomic E-state index is 13.0. The van der Waals surface area contributed by atoms with Crippen molar-refractivity contribution in [3.63, 3.8) is 0 Å². The van der Waals surface area contributed by atoms with E-state index in [1.165, 1.54) is 263 Å². The van der Waals surface area contributed by atoms with Gasteiger partial charge in [-0.2, -0.15) is 0 Å². The van der Waals surface area contributed by atoms with Gasteiger partial charge in [0.25, 0.3) is 0 Å². The second-order valence-electron chi connectivity index (χ2n) is 24.2. The van der Waals surface area contributed by atoms with E-state index in [9.17, 15) is 35.1 Å². The molecule has 7 atom stereocenters. The fraction of sp³-hybridized carbons (Fsp3) is 0.913. The third kappa shape index (κ3) is 47.5. The van der Waals surface area contributed by atoms with Gasteiger partial charge in [0.1, 0.15) is 24.4 Å². The topological polar surface area (TPSA) is 175 Å². The van der Waals surface area contributed by atoms with Gasteiger partial charge in [-0.3, -0.25) is 9.59 Å². The Kier molecular flexibility index (Phi) is 56.1. The SMILES string of the molecule is CCCCCCCCCCC/C=C/C(O)C(COC1OC(CO)C(O)C(O)C1O)NC(=O)CCCCCCCCCCCCCCCC/C=C\CCCCCCCCCCCCCCOC(=O)CCCCCCCCCCCCC. The number of carbonyl (C=O) groups is 2. The molecule has 1 fully saturated rings. The molecule has 0 bridgehead atoms. The molecule has 0 spiro atoms. The molecule has 0 aromatic carbocycles. The quantitative estimate of drug-likeness (QED) is 0.0195. The normalized spacial score (nSPS) is 18.4. The third-order valence-electron chi connectivity index (χ3n) is 16.6. The molecule has 6 N–H and O–H groups in total. The van der Waals surface area contributed by atoms with Gasteiger partial charge in [-0.05, 0) is 57.8 Å². The van der Waals surface area contributed by atoms with E-state index in [0.717, 1.165) is 51.4 Å². The summed E-state index contributed by atoms with van der Waals surface area (Å²) in [4.78, 5) is 25.1. The molecule has 0 saturated carbocycles. The Hall–Kier alpha value is -1.86. The molecule has 1 heterocycles. The highest BCUT2D eigenvalue weighted by Crippen LogP contribution is 2.23. The molecule has 0 aromatic rings. The van der Waals surface area contributed by atoms with Gasteiger partial charge < -0.3 is 45.1 Å². The predicted octanol–water partition coefficient (Wildman–Crippen LogP) is 17.2. The number of aliphatic hydroxyl groups excluding tert-OH is 5. The molecule has 0 aliphatic carbocycles. The monoisotopic (exact) mass is 1130 g/mol. The van der Waals surface area contributed by atoms with E-state index < -0.39 is 49.5 Å². The first-order valence-corrected chi connectivity index (χ1v) is 34.6. The molecule has 0 radical (unpaired) electrons. The summed E-state index contributed by atoms with van der Waals surface area (Å²) in [6.07, 6.45) is 63.1. The first-order valence-electron chi connectivity index (χ1n) is 34.6. The number of allylic oxidation sites excluding steroid dienone is 3. The van der Waals surface area contributed by atoms with Crippen molar-refractivity contribution in [2.45, 2.75) is 384 Å². The van der Waals surface area contributed by atoms with E-state index in [0.29, 0.717) is 19.4 Å². The number of unbranched alkanes of at least 4 members (excludes halogenated alkanes) is 45. The predicted molar refractivity (Wildman–Crippen MR) is 334 cm³/mol. The average Bonchev–Trinajstić information content (AvgIpc) is 3.45. The number of hydrogen-bond donors (Lipinski definition) is 6. The molecule has 1 aliphatic rings. The summed E-state index contributed by atoms with van der Waals surface area (Å²) in [6, 6.07) is -0.808. The second kappa shape index (κ2) is 58.9. The van der Waals surface area contributed by atoms with Crippen molar-refractivity contribution < 1.29 is 49.3 Å². The van der Waals surface area contributed by atoms with Crippen molar-refractivity contribution in [2.75, 3.05) is 19.8 Å². The van der Waals surface area contributed by atoms with Crippen molar-refractivity contribution in [3.05, 3.63) is 24.3 Å². The lowest BCUT2D eigenvalue weighted by Gasteiger charge is -2.40. The van der Waals surface area contributed by atoms with Crippen LogP contribution in [0.15, 0.2) is 24.3 Å². The van der Waals surface area contributed by atoms with Gasteiger partial charge >= 0.3 is 5.97 Å². The zero-order valence-corrected chi connectivity index (χ0v) is 52.3. The number of hydrogen-bond acceptors (Lipinski definition) is 10. The van der Waals surface area contributed by atoms with Crippen molar-refractivity contribution in [1.29, 1.82) is 0 Å². The summed E-state index contributed by atoms with van der Waals surface area (Å²) < 4.78 is 16.7. The molecule has 1 amide bonds. The van der Waals surface area contributed by atoms with E-state index in [1.807, 2.05) is 6.08 Å². The van der Waals surface area contributed by atoms with E-state index in [1.54, 1.807) is 6.08 Å². The van der Waals surface area contributed by atoms with Crippen LogP contribution in [0, 0.1) is 0 Å². The van der Waals surface area contributed by atoms with Crippen molar-refractivity contribution in [1.82, 2.24) is 5.32 Å². The lowest BCUT2D eigenvalue weighted by Crippen LogP contribution is -2.60. The largest absolute Gasteiger partial charge is 0.466 e. The lowest BCUT2D eigenvalue weighted by atomic mass is 9.99. The van der Waals surface area contributed by atoms with Crippen LogP contribution in [0.2, 0.25) is 0 Å². The summed E-state index contributed by atoms with van der Waals surface area (Å²) in [6.45, 7) is 4.36. The first-order chi connectivity index (χ1) is 39.2. The van der Waals surface area contributed by atoms with Crippen LogP contribution in [0.5, 0.6) is 0 Å². The van der Waals surface area contributed by atoms with Crippen LogP contribution < -0.4 is 5.32 Å². The number of amides is 1. The van der Waals surface area contributed by atoms with Crippen LogP contribution in [0.4, 0.5) is 0 Å². The summed E-state index contributed by atoms with van der Waals surface area (Å²) in [7, 11) is 0. The van der Waals surface area contributed by atoms with Crippen LogP contribution in [-0.4, -0.2) is 100 Å². The van der Waals surface area contributed by atoms with Gasteiger partial charge in [-0.25, -0.2) is 0 Å². The Morgan fingerprint density at radius 3 is 1.20 bits per heavy atom. The minimum Gasteiger partial charge on any atom is -0.466 e. The van der Waals surface area contributed by atoms with Gasteiger partial charge in [-0.15, -0.1) is 0 Å². The number of esters is 1. The minimum absolute atomic E-state index is 0.00889. The molecule has 1 aliphatic heterocycles. The summed E-state index contributed by atoms with van der Waals surface area (Å²) in [5, 5.41) is 54.4. The Balaban J connectivity index is 1.96. The molecule has 1 rings (SSSR count). The Bertz CT molecular complexity index is 1380. The molecule has 472 valence electrons. The fourth-order valence-electron chi connectivity index (χ4n) is 11.1. The highest BCUT2D eigenvalue weighted by molar-refractivity contribution is 5.76. The first kappa shape index (κ1) is 76.2. The summed E-state index contributed by atoms with van der Waals surface area (Å²) in [5.41, 5.74) is 0. The third-order valence-corrected chi connectivity index (χ3v) is 16.6. The number of ether oxygens (including phenoxy) is 3. The van der Waals surface area contributed by atoms with E-state index in [2.05, 4.69) is 31.3 Å². The molecule has 7 unspecified atom stereocenters. The van der Waals surface area contributed by atoms with Gasteiger partial charge in [0.05, 0.1) is 32.0 Å². The van der Waals surface area contributed by atoms with E-state index >= 15 is 0 Å². The van der Waals surface area contributed by atoms with Gasteiger partial charge in [0.15, 0.2) is 6.29 Å². The number of rotatable bonds is 61. The molecule has 11 heteroatoms. The molecule has 1 saturated heterocycles. The second-order valence-corrected chi connectivity index (χ2v) is 24.2. The zero-order valence-electron chi connectivity index (χ0n) is 52.3. The summed E-state index contributed by atoms with van der Waals surface area (Å²) in [5.74, 6) is -0.170. The summed E-state index contributed by atoms with van der Waals surface area (Å²) >= 11 is 0. The maximum Gasteiger partial charge on any atom is 0.305 e. The van der Waals surface area contributed by atoms with Gasteiger partial charge in [0, 0.05) is 12.8 Å². The Morgan fingerprint density at radius 1 is 0.450 bits per heavy atom. The Morgan fingerprint density at radius 2 is 0.800 bits per heavy atom. The maximum atomic E-state index is 13.0. The molecular weight excluding hydrogens is 1000 g/mol. The molecular formula is C69H131NO10. The Labute approximate surface area is 492 Å². The van der Waals surface area contributed by atoms with Crippen molar-refractivity contribution >= 4 is 11.9 Å².